The van der Waals surface area contributed by atoms with Gasteiger partial charge in [0, 0.05) is 6.04 Å². The molecule has 1 aromatic rings. The fourth-order valence-electron chi connectivity index (χ4n) is 4.35. The average molecular weight is 338 g/mol. The van der Waals surface area contributed by atoms with E-state index in [1.165, 1.54) is 31.2 Å². The summed E-state index contributed by atoms with van der Waals surface area (Å²) in [5.41, 5.74) is 1.39. The van der Waals surface area contributed by atoms with Crippen molar-refractivity contribution >= 4 is 15.9 Å². The summed E-state index contributed by atoms with van der Waals surface area (Å²) in [5, 5.41) is 3.58. The van der Waals surface area contributed by atoms with Gasteiger partial charge in [-0.2, -0.15) is 0 Å². The number of likely N-dealkylation sites (N-methyl/N-ethyl adjacent to an activating group) is 1. The van der Waals surface area contributed by atoms with Gasteiger partial charge < -0.3 is 10.1 Å². The Labute approximate surface area is 130 Å². The predicted octanol–water partition coefficient (Wildman–Crippen LogP) is 4.02. The molecule has 4 atom stereocenters. The molecule has 20 heavy (non-hydrogen) atoms. The molecule has 2 saturated carbocycles. The lowest BCUT2D eigenvalue weighted by atomic mass is 9.81. The molecule has 2 aliphatic carbocycles. The lowest BCUT2D eigenvalue weighted by Crippen LogP contribution is -2.38. The molecule has 2 aliphatic rings. The van der Waals surface area contributed by atoms with Crippen LogP contribution in [0.1, 0.15) is 31.2 Å². The fourth-order valence-corrected chi connectivity index (χ4v) is 4.93. The van der Waals surface area contributed by atoms with Crippen molar-refractivity contribution in [3.05, 3.63) is 28.2 Å². The van der Waals surface area contributed by atoms with Gasteiger partial charge in [-0.1, -0.05) is 12.5 Å². The van der Waals surface area contributed by atoms with E-state index in [1.807, 2.05) is 0 Å². The SMILES string of the molecule is CNC(Cc1ccc(OC)c(Br)c1)C1CC2CCC1C2. The molecule has 1 aromatic carbocycles. The first kappa shape index (κ1) is 14.4. The molecule has 2 nitrogen and oxygen atoms in total. The highest BCUT2D eigenvalue weighted by molar-refractivity contribution is 9.10. The van der Waals surface area contributed by atoms with Gasteiger partial charge in [-0.05, 0) is 84.1 Å². The lowest BCUT2D eigenvalue weighted by molar-refractivity contribution is 0.255. The van der Waals surface area contributed by atoms with E-state index in [2.05, 4.69) is 46.5 Å². The second-order valence-corrected chi connectivity index (χ2v) is 7.26. The van der Waals surface area contributed by atoms with Gasteiger partial charge in [-0.15, -0.1) is 0 Å². The van der Waals surface area contributed by atoms with E-state index < -0.39 is 0 Å². The Bertz CT molecular complexity index is 476. The Kier molecular flexibility index (Phi) is 4.37. The van der Waals surface area contributed by atoms with Gasteiger partial charge in [0.2, 0.25) is 0 Å². The van der Waals surface area contributed by atoms with Crippen LogP contribution in [0.15, 0.2) is 22.7 Å². The van der Waals surface area contributed by atoms with Gasteiger partial charge >= 0.3 is 0 Å². The molecule has 0 radical (unpaired) electrons. The van der Waals surface area contributed by atoms with Gasteiger partial charge in [0.1, 0.15) is 5.75 Å². The Balaban J connectivity index is 1.70. The van der Waals surface area contributed by atoms with E-state index in [-0.39, 0.29) is 0 Å². The van der Waals surface area contributed by atoms with Gasteiger partial charge in [-0.25, -0.2) is 0 Å². The van der Waals surface area contributed by atoms with Crippen LogP contribution in [-0.4, -0.2) is 20.2 Å². The molecular weight excluding hydrogens is 314 g/mol. The number of methoxy groups -OCH3 is 1. The Morgan fingerprint density at radius 3 is 2.75 bits per heavy atom. The van der Waals surface area contributed by atoms with Crippen LogP contribution in [0, 0.1) is 17.8 Å². The second-order valence-electron chi connectivity index (χ2n) is 6.41. The van der Waals surface area contributed by atoms with Gasteiger partial charge in [-0.3, -0.25) is 0 Å². The summed E-state index contributed by atoms with van der Waals surface area (Å²) in [5.74, 6) is 3.77. The minimum absolute atomic E-state index is 0.616. The number of benzene rings is 1. The average Bonchev–Trinajstić information content (AvgIpc) is 3.07. The number of rotatable bonds is 5. The maximum atomic E-state index is 5.31. The van der Waals surface area contributed by atoms with E-state index in [4.69, 9.17) is 4.74 Å². The normalized spacial score (nSPS) is 29.6. The van der Waals surface area contributed by atoms with Crippen LogP contribution in [-0.2, 0) is 6.42 Å². The van der Waals surface area contributed by atoms with Gasteiger partial charge in [0.15, 0.2) is 0 Å². The van der Waals surface area contributed by atoms with Crippen molar-refractivity contribution in [1.82, 2.24) is 5.32 Å². The third-order valence-corrected chi connectivity index (χ3v) is 5.97. The molecule has 1 N–H and O–H groups in total. The van der Waals surface area contributed by atoms with Crippen LogP contribution in [0.2, 0.25) is 0 Å². The number of halogens is 1. The summed E-state index contributed by atoms with van der Waals surface area (Å²) in [7, 11) is 3.83. The summed E-state index contributed by atoms with van der Waals surface area (Å²) in [6, 6.07) is 7.08. The quantitative estimate of drug-likeness (QED) is 0.875. The number of ether oxygens (including phenoxy) is 1. The Morgan fingerprint density at radius 2 is 2.20 bits per heavy atom. The number of hydrogen-bond acceptors (Lipinski definition) is 2. The zero-order valence-electron chi connectivity index (χ0n) is 12.4. The first-order valence-corrected chi connectivity index (χ1v) is 8.50. The second kappa shape index (κ2) is 6.07. The smallest absolute Gasteiger partial charge is 0.133 e. The zero-order chi connectivity index (χ0) is 14.1. The van der Waals surface area contributed by atoms with Crippen LogP contribution in [0.4, 0.5) is 0 Å². The molecule has 110 valence electrons. The summed E-state index contributed by atoms with van der Waals surface area (Å²) >= 11 is 3.59. The number of hydrogen-bond donors (Lipinski definition) is 1. The maximum absolute atomic E-state index is 5.31. The highest BCUT2D eigenvalue weighted by Gasteiger charge is 2.42. The number of fused-ring (bicyclic) bond motifs is 2. The molecule has 0 spiro atoms. The highest BCUT2D eigenvalue weighted by Crippen LogP contribution is 2.49. The maximum Gasteiger partial charge on any atom is 0.133 e. The van der Waals surface area contributed by atoms with Crippen molar-refractivity contribution in [1.29, 1.82) is 0 Å². The van der Waals surface area contributed by atoms with Crippen molar-refractivity contribution in [3.8, 4) is 5.75 Å². The van der Waals surface area contributed by atoms with Gasteiger partial charge in [0.05, 0.1) is 11.6 Å². The van der Waals surface area contributed by atoms with E-state index in [9.17, 15) is 0 Å². The van der Waals surface area contributed by atoms with Crippen LogP contribution >= 0.6 is 15.9 Å². The topological polar surface area (TPSA) is 21.3 Å². The monoisotopic (exact) mass is 337 g/mol. The minimum atomic E-state index is 0.616. The minimum Gasteiger partial charge on any atom is -0.496 e. The summed E-state index contributed by atoms with van der Waals surface area (Å²) in [4.78, 5) is 0. The molecule has 0 heterocycles. The molecule has 0 saturated heterocycles. The molecule has 4 unspecified atom stereocenters. The number of nitrogens with one attached hydrogen (secondary N) is 1. The van der Waals surface area contributed by atoms with Crippen molar-refractivity contribution in [2.24, 2.45) is 17.8 Å². The van der Waals surface area contributed by atoms with Crippen LogP contribution in [0.25, 0.3) is 0 Å². The summed E-state index contributed by atoms with van der Waals surface area (Å²) < 4.78 is 6.36. The zero-order valence-corrected chi connectivity index (χ0v) is 13.9. The van der Waals surface area contributed by atoms with Crippen molar-refractivity contribution in [2.75, 3.05) is 14.2 Å². The van der Waals surface area contributed by atoms with Crippen LogP contribution in [0.3, 0.4) is 0 Å². The van der Waals surface area contributed by atoms with Crippen LogP contribution in [0.5, 0.6) is 5.75 Å². The van der Waals surface area contributed by atoms with E-state index in [0.29, 0.717) is 6.04 Å². The Morgan fingerprint density at radius 1 is 1.35 bits per heavy atom. The highest BCUT2D eigenvalue weighted by atomic mass is 79.9. The van der Waals surface area contributed by atoms with Crippen molar-refractivity contribution in [2.45, 2.75) is 38.1 Å². The fraction of sp³-hybridized carbons (Fsp3) is 0.647. The molecule has 2 bridgehead atoms. The first-order valence-electron chi connectivity index (χ1n) is 7.71. The lowest BCUT2D eigenvalue weighted by Gasteiger charge is -2.30. The van der Waals surface area contributed by atoms with E-state index in [1.54, 1.807) is 7.11 Å². The molecule has 3 rings (SSSR count). The largest absolute Gasteiger partial charge is 0.496 e. The third kappa shape index (κ3) is 2.75. The van der Waals surface area contributed by atoms with Crippen LogP contribution < -0.4 is 10.1 Å². The Hall–Kier alpha value is -0.540. The standard InChI is InChI=1S/C17H24BrNO/c1-19-16(14-8-11-3-5-13(14)7-11)10-12-4-6-17(20-2)15(18)9-12/h4,6,9,11,13-14,16,19H,3,5,7-8,10H2,1-2H3. The third-order valence-electron chi connectivity index (χ3n) is 5.35. The molecule has 3 heteroatoms. The van der Waals surface area contributed by atoms with Gasteiger partial charge in [0.25, 0.3) is 0 Å². The first-order chi connectivity index (χ1) is 9.71. The van der Waals surface area contributed by atoms with E-state index in [0.717, 1.165) is 34.4 Å². The molecule has 0 amide bonds. The molecular formula is C17H24BrNO. The van der Waals surface area contributed by atoms with Crippen molar-refractivity contribution < 1.29 is 4.74 Å². The predicted molar refractivity (Wildman–Crippen MR) is 86.2 cm³/mol. The summed E-state index contributed by atoms with van der Waals surface area (Å²) in [6.45, 7) is 0. The summed E-state index contributed by atoms with van der Waals surface area (Å²) in [6.07, 6.45) is 6.97. The van der Waals surface area contributed by atoms with Crippen molar-refractivity contribution in [3.63, 3.8) is 0 Å². The molecule has 0 aromatic heterocycles. The molecule has 0 aliphatic heterocycles. The van der Waals surface area contributed by atoms with E-state index >= 15 is 0 Å². The molecule has 2 fully saturated rings.